The van der Waals surface area contributed by atoms with E-state index >= 15 is 0 Å². The van der Waals surface area contributed by atoms with Gasteiger partial charge in [0.15, 0.2) is 0 Å². The summed E-state index contributed by atoms with van der Waals surface area (Å²) in [6.07, 6.45) is 4.19. The third-order valence-electron chi connectivity index (χ3n) is 4.13. The van der Waals surface area contributed by atoms with Crippen molar-refractivity contribution in [3.05, 3.63) is 64.8 Å². The van der Waals surface area contributed by atoms with Crippen LogP contribution < -0.4 is 4.74 Å². The molecule has 0 fully saturated rings. The second kappa shape index (κ2) is 5.12. The molecule has 2 nitrogen and oxygen atoms in total. The molecule has 21 heavy (non-hydrogen) atoms. The van der Waals surface area contributed by atoms with Crippen molar-refractivity contribution in [2.24, 2.45) is 0 Å². The first-order valence-corrected chi connectivity index (χ1v) is 7.66. The largest absolute Gasteiger partial charge is 0.493 e. The Labute approximate surface area is 128 Å². The lowest BCUT2D eigenvalue weighted by Gasteiger charge is -2.07. The quantitative estimate of drug-likeness (QED) is 0.695. The molecule has 3 aromatic rings. The predicted octanol–water partition coefficient (Wildman–Crippen LogP) is 4.47. The van der Waals surface area contributed by atoms with E-state index in [9.17, 15) is 0 Å². The highest BCUT2D eigenvalue weighted by atomic mass is 35.5. The summed E-state index contributed by atoms with van der Waals surface area (Å²) in [5.74, 6) is 1.05. The van der Waals surface area contributed by atoms with Crippen molar-refractivity contribution < 1.29 is 4.74 Å². The summed E-state index contributed by atoms with van der Waals surface area (Å²) in [7, 11) is 0. The number of hydrogen-bond acceptors (Lipinski definition) is 1. The molecule has 0 amide bonds. The van der Waals surface area contributed by atoms with Crippen molar-refractivity contribution in [3.8, 4) is 5.75 Å². The first-order valence-electron chi connectivity index (χ1n) is 7.28. The molecule has 1 aliphatic heterocycles. The van der Waals surface area contributed by atoms with Crippen LogP contribution in [0, 0.1) is 0 Å². The van der Waals surface area contributed by atoms with Crippen LogP contribution in [0.3, 0.4) is 0 Å². The van der Waals surface area contributed by atoms with E-state index in [2.05, 4.69) is 41.1 Å². The van der Waals surface area contributed by atoms with Crippen LogP contribution in [0.1, 0.15) is 11.1 Å². The number of nitrogens with zero attached hydrogens (tertiary/aromatic N) is 1. The van der Waals surface area contributed by atoms with Gasteiger partial charge in [-0.1, -0.05) is 29.8 Å². The highest BCUT2D eigenvalue weighted by Gasteiger charge is 2.12. The van der Waals surface area contributed by atoms with Gasteiger partial charge in [-0.2, -0.15) is 0 Å². The van der Waals surface area contributed by atoms with E-state index < -0.39 is 0 Å². The second-order valence-corrected chi connectivity index (χ2v) is 5.94. The Morgan fingerprint density at radius 3 is 3.00 bits per heavy atom. The van der Waals surface area contributed by atoms with Gasteiger partial charge < -0.3 is 9.30 Å². The molecule has 0 spiro atoms. The fraction of sp³-hybridized carbons (Fsp3) is 0.222. The van der Waals surface area contributed by atoms with E-state index in [0.29, 0.717) is 0 Å². The van der Waals surface area contributed by atoms with Crippen LogP contribution in [0.25, 0.3) is 10.9 Å². The number of fused-ring (bicyclic) bond motifs is 2. The summed E-state index contributed by atoms with van der Waals surface area (Å²) in [5, 5.41) is 2.03. The fourth-order valence-corrected chi connectivity index (χ4v) is 3.16. The number of ether oxygens (including phenoxy) is 1. The van der Waals surface area contributed by atoms with Gasteiger partial charge in [-0.15, -0.1) is 0 Å². The molecule has 0 N–H and O–H groups in total. The number of aryl methyl sites for hydroxylation is 2. The number of aromatic nitrogens is 1. The van der Waals surface area contributed by atoms with Crippen LogP contribution in [0.4, 0.5) is 0 Å². The summed E-state index contributed by atoms with van der Waals surface area (Å²) in [6.45, 7) is 1.78. The molecule has 0 atom stereocenters. The van der Waals surface area contributed by atoms with Crippen LogP contribution in [-0.4, -0.2) is 11.2 Å². The molecule has 106 valence electrons. The molecule has 2 heterocycles. The third-order valence-corrected chi connectivity index (χ3v) is 4.37. The molecular weight excluding hydrogens is 282 g/mol. The van der Waals surface area contributed by atoms with Crippen LogP contribution in [0.2, 0.25) is 5.02 Å². The summed E-state index contributed by atoms with van der Waals surface area (Å²) >= 11 is 6.10. The number of halogens is 1. The number of benzene rings is 2. The SMILES string of the molecule is Clc1ccc2ccn(CCc3ccc4c(c3)CCO4)c2c1. The molecule has 0 unspecified atom stereocenters. The molecule has 0 saturated carbocycles. The van der Waals surface area contributed by atoms with Gasteiger partial charge in [0.05, 0.1) is 6.61 Å². The van der Waals surface area contributed by atoms with Gasteiger partial charge >= 0.3 is 0 Å². The van der Waals surface area contributed by atoms with Gasteiger partial charge in [-0.05, 0) is 47.2 Å². The Bertz CT molecular complexity index is 806. The Hall–Kier alpha value is -1.93. The summed E-state index contributed by atoms with van der Waals surface area (Å²) in [4.78, 5) is 0. The van der Waals surface area contributed by atoms with Crippen LogP contribution >= 0.6 is 11.6 Å². The van der Waals surface area contributed by atoms with Gasteiger partial charge in [-0.25, -0.2) is 0 Å². The molecular formula is C18H16ClNO. The molecule has 0 bridgehead atoms. The lowest BCUT2D eigenvalue weighted by molar-refractivity contribution is 0.357. The van der Waals surface area contributed by atoms with E-state index in [1.54, 1.807) is 0 Å². The lowest BCUT2D eigenvalue weighted by atomic mass is 10.1. The monoisotopic (exact) mass is 297 g/mol. The Morgan fingerprint density at radius 1 is 1.10 bits per heavy atom. The second-order valence-electron chi connectivity index (χ2n) is 5.50. The Morgan fingerprint density at radius 2 is 2.05 bits per heavy atom. The molecule has 0 radical (unpaired) electrons. The van der Waals surface area contributed by atoms with Crippen LogP contribution in [0.15, 0.2) is 48.7 Å². The van der Waals surface area contributed by atoms with Gasteiger partial charge in [0, 0.05) is 29.7 Å². The van der Waals surface area contributed by atoms with E-state index in [4.69, 9.17) is 16.3 Å². The topological polar surface area (TPSA) is 14.2 Å². The van der Waals surface area contributed by atoms with E-state index in [-0.39, 0.29) is 0 Å². The number of hydrogen-bond donors (Lipinski definition) is 0. The summed E-state index contributed by atoms with van der Waals surface area (Å²) in [5.41, 5.74) is 3.91. The van der Waals surface area contributed by atoms with Crippen molar-refractivity contribution in [1.82, 2.24) is 4.57 Å². The van der Waals surface area contributed by atoms with Gasteiger partial charge in [0.25, 0.3) is 0 Å². The third kappa shape index (κ3) is 2.40. The maximum absolute atomic E-state index is 6.10. The first-order chi connectivity index (χ1) is 10.3. The molecule has 1 aromatic heterocycles. The summed E-state index contributed by atoms with van der Waals surface area (Å²) in [6, 6.07) is 14.7. The number of rotatable bonds is 3. The van der Waals surface area contributed by atoms with Crippen molar-refractivity contribution in [3.63, 3.8) is 0 Å². The molecule has 2 aromatic carbocycles. The zero-order valence-electron chi connectivity index (χ0n) is 11.7. The minimum atomic E-state index is 0.789. The van der Waals surface area contributed by atoms with Crippen LogP contribution in [0.5, 0.6) is 5.75 Å². The highest BCUT2D eigenvalue weighted by Crippen LogP contribution is 2.26. The molecule has 0 aliphatic carbocycles. The van der Waals surface area contributed by atoms with E-state index in [1.165, 1.54) is 22.0 Å². The first kappa shape index (κ1) is 12.8. The average Bonchev–Trinajstić information content (AvgIpc) is 3.10. The molecule has 3 heteroatoms. The maximum atomic E-state index is 6.10. The van der Waals surface area contributed by atoms with Gasteiger partial charge in [-0.3, -0.25) is 0 Å². The predicted molar refractivity (Wildman–Crippen MR) is 86.3 cm³/mol. The van der Waals surface area contributed by atoms with Crippen molar-refractivity contribution in [2.75, 3.05) is 6.61 Å². The molecule has 4 rings (SSSR count). The van der Waals surface area contributed by atoms with Crippen molar-refractivity contribution in [2.45, 2.75) is 19.4 Å². The normalized spacial score (nSPS) is 13.4. The Kier molecular flexibility index (Phi) is 3.12. The standard InChI is InChI=1S/C18H16ClNO/c19-16-3-2-14-6-9-20(17(14)12-16)8-5-13-1-4-18-15(11-13)7-10-21-18/h1-4,6,9,11-12H,5,7-8,10H2. The lowest BCUT2D eigenvalue weighted by Crippen LogP contribution is -2.00. The van der Waals surface area contributed by atoms with Gasteiger partial charge in [0.2, 0.25) is 0 Å². The highest BCUT2D eigenvalue weighted by molar-refractivity contribution is 6.31. The maximum Gasteiger partial charge on any atom is 0.122 e. The minimum absolute atomic E-state index is 0.789. The molecule has 1 aliphatic rings. The smallest absolute Gasteiger partial charge is 0.122 e. The zero-order valence-corrected chi connectivity index (χ0v) is 12.4. The Balaban J connectivity index is 1.57. The van der Waals surface area contributed by atoms with Crippen LogP contribution in [-0.2, 0) is 19.4 Å². The summed E-state index contributed by atoms with van der Waals surface area (Å²) < 4.78 is 7.82. The van der Waals surface area contributed by atoms with Crippen molar-refractivity contribution >= 4 is 22.5 Å². The average molecular weight is 298 g/mol. The van der Waals surface area contributed by atoms with Crippen molar-refractivity contribution in [1.29, 1.82) is 0 Å². The minimum Gasteiger partial charge on any atom is -0.493 e. The van der Waals surface area contributed by atoms with E-state index in [1.807, 2.05) is 12.1 Å². The van der Waals surface area contributed by atoms with Gasteiger partial charge in [0.1, 0.15) is 5.75 Å². The molecule has 0 saturated heterocycles. The zero-order chi connectivity index (χ0) is 14.2. The van der Waals surface area contributed by atoms with E-state index in [0.717, 1.165) is 36.8 Å². The fourth-order valence-electron chi connectivity index (χ4n) is 3.00.